The summed E-state index contributed by atoms with van der Waals surface area (Å²) in [6.45, 7) is 1.98. The molecule has 5 nitrogen and oxygen atoms in total. The minimum absolute atomic E-state index is 0.184. The van der Waals surface area contributed by atoms with Crippen LogP contribution in [0.2, 0.25) is 5.02 Å². The van der Waals surface area contributed by atoms with Crippen LogP contribution < -0.4 is 16.2 Å². The first-order valence-corrected chi connectivity index (χ1v) is 5.35. The van der Waals surface area contributed by atoms with E-state index in [1.54, 1.807) is 6.20 Å². The van der Waals surface area contributed by atoms with Crippen molar-refractivity contribution in [1.82, 2.24) is 15.5 Å². The van der Waals surface area contributed by atoms with E-state index < -0.39 is 0 Å². The highest BCUT2D eigenvalue weighted by Gasteiger charge is 2.14. The Hall–Kier alpha value is -1.07. The number of rotatable bonds is 2. The van der Waals surface area contributed by atoms with Gasteiger partial charge in [0.05, 0.1) is 11.9 Å². The van der Waals surface area contributed by atoms with Crippen LogP contribution in [0.1, 0.15) is 12.8 Å². The van der Waals surface area contributed by atoms with E-state index in [9.17, 15) is 4.79 Å². The summed E-state index contributed by atoms with van der Waals surface area (Å²) in [6.07, 6.45) is 3.61. The Labute approximate surface area is 92.2 Å². The predicted octanol–water partition coefficient (Wildman–Crippen LogP) is 0.587. The third kappa shape index (κ3) is 2.49. The number of aromatic nitrogens is 2. The van der Waals surface area contributed by atoms with Crippen molar-refractivity contribution < 1.29 is 0 Å². The Morgan fingerprint density at radius 1 is 1.47 bits per heavy atom. The maximum Gasteiger partial charge on any atom is 0.285 e. The Kier molecular flexibility index (Phi) is 3.23. The van der Waals surface area contributed by atoms with Crippen molar-refractivity contribution in [3.8, 4) is 0 Å². The van der Waals surface area contributed by atoms with E-state index in [1.807, 2.05) is 0 Å². The summed E-state index contributed by atoms with van der Waals surface area (Å²) in [5, 5.41) is 12.7. The molecule has 2 rings (SSSR count). The zero-order chi connectivity index (χ0) is 10.7. The van der Waals surface area contributed by atoms with Crippen LogP contribution >= 0.6 is 11.6 Å². The molecule has 6 heteroatoms. The first-order chi connectivity index (χ1) is 7.27. The van der Waals surface area contributed by atoms with Crippen LogP contribution in [0.25, 0.3) is 0 Å². The molecule has 0 amide bonds. The zero-order valence-corrected chi connectivity index (χ0v) is 8.97. The Morgan fingerprint density at radius 3 is 2.93 bits per heavy atom. The number of piperidine rings is 1. The number of hydrogen-bond acceptors (Lipinski definition) is 4. The van der Waals surface area contributed by atoms with Gasteiger partial charge in [0.25, 0.3) is 5.56 Å². The van der Waals surface area contributed by atoms with Gasteiger partial charge in [0.15, 0.2) is 0 Å². The van der Waals surface area contributed by atoms with Crippen LogP contribution in [0, 0.1) is 0 Å². The molecule has 0 saturated carbocycles. The van der Waals surface area contributed by atoms with Gasteiger partial charge in [-0.05, 0) is 25.9 Å². The fourth-order valence-corrected chi connectivity index (χ4v) is 1.82. The number of anilines is 1. The number of aromatic amines is 1. The second-order valence-electron chi connectivity index (χ2n) is 3.60. The summed E-state index contributed by atoms with van der Waals surface area (Å²) in [5.41, 5.74) is 0.267. The molecule has 1 aromatic rings. The summed E-state index contributed by atoms with van der Waals surface area (Å²) >= 11 is 5.85. The van der Waals surface area contributed by atoms with E-state index in [0.29, 0.717) is 11.7 Å². The molecule has 0 bridgehead atoms. The molecule has 1 saturated heterocycles. The first kappa shape index (κ1) is 10.4. The molecule has 1 aliphatic rings. The lowest BCUT2D eigenvalue weighted by atomic mass is 10.1. The van der Waals surface area contributed by atoms with Gasteiger partial charge in [0.2, 0.25) is 0 Å². The van der Waals surface area contributed by atoms with Crippen LogP contribution in [-0.4, -0.2) is 29.3 Å². The van der Waals surface area contributed by atoms with Gasteiger partial charge in [-0.3, -0.25) is 4.79 Å². The molecule has 3 N–H and O–H groups in total. The lowest BCUT2D eigenvalue weighted by Gasteiger charge is -2.24. The topological polar surface area (TPSA) is 69.8 Å². The summed E-state index contributed by atoms with van der Waals surface area (Å²) in [4.78, 5) is 11.2. The molecule has 0 atom stereocenters. The normalized spacial score (nSPS) is 17.7. The van der Waals surface area contributed by atoms with E-state index in [1.165, 1.54) is 0 Å². The molecule has 0 spiro atoms. The second kappa shape index (κ2) is 4.63. The summed E-state index contributed by atoms with van der Waals surface area (Å²) < 4.78 is 0. The van der Waals surface area contributed by atoms with Crippen molar-refractivity contribution in [2.24, 2.45) is 0 Å². The van der Waals surface area contributed by atoms with Crippen LogP contribution in [0.3, 0.4) is 0 Å². The highest BCUT2D eigenvalue weighted by molar-refractivity contribution is 6.32. The minimum Gasteiger partial charge on any atom is -0.380 e. The van der Waals surface area contributed by atoms with E-state index in [2.05, 4.69) is 20.8 Å². The van der Waals surface area contributed by atoms with Crippen LogP contribution in [0.4, 0.5) is 5.69 Å². The van der Waals surface area contributed by atoms with Crippen LogP contribution in [0.15, 0.2) is 11.0 Å². The highest BCUT2D eigenvalue weighted by atomic mass is 35.5. The van der Waals surface area contributed by atoms with Crippen molar-refractivity contribution >= 4 is 17.3 Å². The van der Waals surface area contributed by atoms with Gasteiger partial charge in [-0.25, -0.2) is 5.10 Å². The zero-order valence-electron chi connectivity index (χ0n) is 8.22. The molecule has 0 unspecified atom stereocenters. The molecule has 15 heavy (non-hydrogen) atoms. The second-order valence-corrected chi connectivity index (χ2v) is 3.97. The van der Waals surface area contributed by atoms with Crippen molar-refractivity contribution in [1.29, 1.82) is 0 Å². The van der Waals surface area contributed by atoms with Crippen molar-refractivity contribution in [2.45, 2.75) is 18.9 Å². The fraction of sp³-hybridized carbons (Fsp3) is 0.556. The van der Waals surface area contributed by atoms with Crippen molar-refractivity contribution in [2.75, 3.05) is 18.4 Å². The monoisotopic (exact) mass is 228 g/mol. The van der Waals surface area contributed by atoms with Crippen molar-refractivity contribution in [3.63, 3.8) is 0 Å². The highest BCUT2D eigenvalue weighted by Crippen LogP contribution is 2.18. The van der Waals surface area contributed by atoms with Gasteiger partial charge in [-0.1, -0.05) is 11.6 Å². The lowest BCUT2D eigenvalue weighted by molar-refractivity contribution is 0.479. The molecule has 1 aromatic heterocycles. The standard InChI is InChI=1S/C9H13ClN4O/c10-8-7(5-12-14-9(8)15)13-6-1-3-11-4-2-6/h5-6,11H,1-4H2,(H2,13,14,15). The predicted molar refractivity (Wildman–Crippen MR) is 59.4 cm³/mol. The van der Waals surface area contributed by atoms with Gasteiger partial charge in [-0.2, -0.15) is 5.10 Å². The smallest absolute Gasteiger partial charge is 0.285 e. The van der Waals surface area contributed by atoms with Crippen molar-refractivity contribution in [3.05, 3.63) is 21.6 Å². The Morgan fingerprint density at radius 2 is 2.20 bits per heavy atom. The quantitative estimate of drug-likeness (QED) is 0.693. The van der Waals surface area contributed by atoms with E-state index in [0.717, 1.165) is 25.9 Å². The number of H-pyrrole nitrogens is 1. The number of halogens is 1. The third-order valence-corrected chi connectivity index (χ3v) is 2.87. The van der Waals surface area contributed by atoms with Crippen LogP contribution in [-0.2, 0) is 0 Å². The van der Waals surface area contributed by atoms with Crippen LogP contribution in [0.5, 0.6) is 0 Å². The van der Waals surface area contributed by atoms with Gasteiger partial charge in [0.1, 0.15) is 5.02 Å². The van der Waals surface area contributed by atoms with Gasteiger partial charge in [0, 0.05) is 6.04 Å². The summed E-state index contributed by atoms with van der Waals surface area (Å²) in [5.74, 6) is 0. The number of nitrogens with one attached hydrogen (secondary N) is 3. The number of hydrogen-bond donors (Lipinski definition) is 3. The largest absolute Gasteiger partial charge is 0.380 e. The summed E-state index contributed by atoms with van der Waals surface area (Å²) in [7, 11) is 0. The average molecular weight is 229 g/mol. The van der Waals surface area contributed by atoms with E-state index in [4.69, 9.17) is 11.6 Å². The molecule has 0 aromatic carbocycles. The van der Waals surface area contributed by atoms with E-state index in [-0.39, 0.29) is 10.6 Å². The van der Waals surface area contributed by atoms with E-state index >= 15 is 0 Å². The SMILES string of the molecule is O=c1[nH]ncc(NC2CCNCC2)c1Cl. The molecule has 2 heterocycles. The first-order valence-electron chi connectivity index (χ1n) is 4.98. The van der Waals surface area contributed by atoms with Gasteiger partial charge >= 0.3 is 0 Å². The maximum atomic E-state index is 11.2. The van der Waals surface area contributed by atoms with Gasteiger partial charge < -0.3 is 10.6 Å². The molecule has 1 fully saturated rings. The third-order valence-electron chi connectivity index (χ3n) is 2.49. The lowest BCUT2D eigenvalue weighted by Crippen LogP contribution is -2.35. The Bertz CT molecular complexity index is 386. The summed E-state index contributed by atoms with van der Waals surface area (Å²) in [6, 6.07) is 0.368. The average Bonchev–Trinajstić information content (AvgIpc) is 2.26. The Balaban J connectivity index is 2.09. The molecule has 1 aliphatic heterocycles. The number of nitrogens with zero attached hydrogens (tertiary/aromatic N) is 1. The maximum absolute atomic E-state index is 11.2. The van der Waals surface area contributed by atoms with Gasteiger partial charge in [-0.15, -0.1) is 0 Å². The molecular weight excluding hydrogens is 216 g/mol. The fourth-order valence-electron chi connectivity index (χ4n) is 1.67. The molecule has 0 aliphatic carbocycles. The minimum atomic E-state index is -0.351. The molecule has 0 radical (unpaired) electrons. The molecule has 82 valence electrons. The molecular formula is C9H13ClN4O.